The number of carbonyl (C=O) groups is 3. The predicted molar refractivity (Wildman–Crippen MR) is 122 cm³/mol. The van der Waals surface area contributed by atoms with Gasteiger partial charge in [0, 0.05) is 23.5 Å². The van der Waals surface area contributed by atoms with Crippen LogP contribution in [0.15, 0.2) is 91.5 Å². The first kappa shape index (κ1) is 21.3. The van der Waals surface area contributed by atoms with Crippen molar-refractivity contribution in [3.63, 3.8) is 0 Å². The Bertz CT molecular complexity index is 1080. The number of amides is 4. The lowest BCUT2D eigenvalue weighted by atomic mass is 10.1. The largest absolute Gasteiger partial charge is 0.334 e. The lowest BCUT2D eigenvalue weighted by Crippen LogP contribution is -2.28. The van der Waals surface area contributed by atoms with E-state index in [4.69, 9.17) is 0 Å². The van der Waals surface area contributed by atoms with Gasteiger partial charge in [0.1, 0.15) is 0 Å². The molecular formula is C24H22N4O3. The summed E-state index contributed by atoms with van der Waals surface area (Å²) in [5.74, 6) is -0.667. The van der Waals surface area contributed by atoms with Crippen molar-refractivity contribution >= 4 is 34.9 Å². The van der Waals surface area contributed by atoms with Gasteiger partial charge in [-0.3, -0.25) is 9.59 Å². The summed E-state index contributed by atoms with van der Waals surface area (Å²) in [6.07, 6.45) is 1.58. The van der Waals surface area contributed by atoms with Gasteiger partial charge in [0.2, 0.25) is 0 Å². The van der Waals surface area contributed by atoms with Gasteiger partial charge in [0.05, 0.1) is 11.3 Å². The Balaban J connectivity index is 1.66. The number of urea groups is 1. The highest BCUT2D eigenvalue weighted by atomic mass is 16.2. The first-order valence-corrected chi connectivity index (χ1v) is 9.59. The fourth-order valence-electron chi connectivity index (χ4n) is 2.75. The number of para-hydroxylation sites is 1. The van der Waals surface area contributed by atoms with Gasteiger partial charge in [-0.05, 0) is 48.5 Å². The molecule has 7 heteroatoms. The van der Waals surface area contributed by atoms with Crippen LogP contribution in [0.3, 0.4) is 0 Å². The number of nitrogens with one attached hydrogen (secondary N) is 4. The van der Waals surface area contributed by atoms with E-state index in [9.17, 15) is 14.4 Å². The molecule has 3 aromatic carbocycles. The van der Waals surface area contributed by atoms with E-state index in [1.807, 2.05) is 6.07 Å². The molecule has 0 aromatic heterocycles. The van der Waals surface area contributed by atoms with E-state index in [-0.39, 0.29) is 17.8 Å². The highest BCUT2D eigenvalue weighted by molar-refractivity contribution is 6.12. The van der Waals surface area contributed by atoms with Crippen molar-refractivity contribution in [1.29, 1.82) is 0 Å². The van der Waals surface area contributed by atoms with Crippen molar-refractivity contribution in [1.82, 2.24) is 5.32 Å². The van der Waals surface area contributed by atoms with Crippen LogP contribution in [-0.4, -0.2) is 24.4 Å². The zero-order valence-corrected chi connectivity index (χ0v) is 16.7. The summed E-state index contributed by atoms with van der Waals surface area (Å²) in [5.41, 5.74) is 2.36. The maximum atomic E-state index is 12.8. The number of hydrogen-bond donors (Lipinski definition) is 4. The predicted octanol–water partition coefficient (Wildman–Crippen LogP) is 4.50. The van der Waals surface area contributed by atoms with Gasteiger partial charge in [-0.15, -0.1) is 6.58 Å². The molecule has 31 heavy (non-hydrogen) atoms. The Morgan fingerprint density at radius 2 is 1.32 bits per heavy atom. The SMILES string of the molecule is C=CCNC(=O)Nc1ccc(NC(=O)c2ccccc2NC(=O)c2ccccc2)cc1. The number of carbonyl (C=O) groups excluding carboxylic acids is 3. The smallest absolute Gasteiger partial charge is 0.319 e. The molecule has 4 amide bonds. The minimum absolute atomic E-state index is 0.300. The average molecular weight is 414 g/mol. The van der Waals surface area contributed by atoms with Gasteiger partial charge in [0.25, 0.3) is 11.8 Å². The molecule has 0 saturated carbocycles. The summed E-state index contributed by atoms with van der Waals surface area (Å²) in [5, 5.41) is 10.9. The summed E-state index contributed by atoms with van der Waals surface area (Å²) in [6, 6.07) is 21.9. The van der Waals surface area contributed by atoms with Crippen molar-refractivity contribution in [3.05, 3.63) is 103 Å². The molecule has 3 aromatic rings. The summed E-state index contributed by atoms with van der Waals surface area (Å²) < 4.78 is 0. The summed E-state index contributed by atoms with van der Waals surface area (Å²) in [6.45, 7) is 3.90. The van der Waals surface area contributed by atoms with E-state index in [0.717, 1.165) is 0 Å². The van der Waals surface area contributed by atoms with Crippen molar-refractivity contribution in [2.45, 2.75) is 0 Å². The van der Waals surface area contributed by atoms with E-state index < -0.39 is 0 Å². The molecule has 0 heterocycles. The minimum Gasteiger partial charge on any atom is -0.334 e. The summed E-state index contributed by atoms with van der Waals surface area (Å²) >= 11 is 0. The number of hydrogen-bond acceptors (Lipinski definition) is 3. The zero-order chi connectivity index (χ0) is 22.1. The Morgan fingerprint density at radius 3 is 2.00 bits per heavy atom. The lowest BCUT2D eigenvalue weighted by molar-refractivity contribution is 0.102. The molecule has 0 radical (unpaired) electrons. The topological polar surface area (TPSA) is 99.3 Å². The standard InChI is InChI=1S/C24H22N4O3/c1-2-16-25-24(31)27-19-14-12-18(13-15-19)26-23(30)20-10-6-7-11-21(20)28-22(29)17-8-4-3-5-9-17/h2-15H,1,16H2,(H,26,30)(H,28,29)(H2,25,27,31). The number of benzene rings is 3. The lowest BCUT2D eigenvalue weighted by Gasteiger charge is -2.12. The van der Waals surface area contributed by atoms with E-state index in [2.05, 4.69) is 27.8 Å². The second kappa shape index (κ2) is 10.4. The normalized spacial score (nSPS) is 9.94. The van der Waals surface area contributed by atoms with Gasteiger partial charge in [0.15, 0.2) is 0 Å². The second-order valence-electron chi connectivity index (χ2n) is 6.52. The Kier molecular flexibility index (Phi) is 7.16. The minimum atomic E-state index is -0.367. The van der Waals surface area contributed by atoms with Crippen LogP contribution in [0.2, 0.25) is 0 Å². The van der Waals surface area contributed by atoms with Gasteiger partial charge in [-0.1, -0.05) is 36.4 Å². The third-order valence-electron chi connectivity index (χ3n) is 4.26. The molecule has 156 valence electrons. The summed E-state index contributed by atoms with van der Waals surface area (Å²) in [4.78, 5) is 36.9. The van der Waals surface area contributed by atoms with Gasteiger partial charge in [-0.2, -0.15) is 0 Å². The highest BCUT2D eigenvalue weighted by Gasteiger charge is 2.14. The molecule has 0 saturated heterocycles. The average Bonchev–Trinajstić information content (AvgIpc) is 2.80. The van der Waals surface area contributed by atoms with Crippen LogP contribution in [0, 0.1) is 0 Å². The molecule has 0 aliphatic rings. The molecular weight excluding hydrogens is 392 g/mol. The van der Waals surface area contributed by atoms with Gasteiger partial charge < -0.3 is 21.3 Å². The maximum absolute atomic E-state index is 12.8. The number of rotatable bonds is 7. The van der Waals surface area contributed by atoms with Crippen molar-refractivity contribution in [3.8, 4) is 0 Å². The first-order chi connectivity index (χ1) is 15.1. The molecule has 0 atom stereocenters. The van der Waals surface area contributed by atoms with Gasteiger partial charge >= 0.3 is 6.03 Å². The van der Waals surface area contributed by atoms with Crippen LogP contribution in [0.5, 0.6) is 0 Å². The van der Waals surface area contributed by atoms with Gasteiger partial charge in [-0.25, -0.2) is 4.79 Å². The van der Waals surface area contributed by atoms with Crippen LogP contribution in [0.1, 0.15) is 20.7 Å². The molecule has 4 N–H and O–H groups in total. The van der Waals surface area contributed by atoms with E-state index in [0.29, 0.717) is 34.7 Å². The Morgan fingerprint density at radius 1 is 0.710 bits per heavy atom. The molecule has 0 aliphatic heterocycles. The molecule has 0 aliphatic carbocycles. The molecule has 0 fully saturated rings. The van der Waals surface area contributed by atoms with E-state index in [1.165, 1.54) is 0 Å². The third kappa shape index (κ3) is 6.04. The third-order valence-corrected chi connectivity index (χ3v) is 4.26. The number of anilines is 3. The van der Waals surface area contributed by atoms with Crippen LogP contribution in [-0.2, 0) is 0 Å². The molecule has 0 bridgehead atoms. The molecule has 0 unspecified atom stereocenters. The van der Waals surface area contributed by atoms with Crippen LogP contribution < -0.4 is 21.3 Å². The zero-order valence-electron chi connectivity index (χ0n) is 16.7. The Hall–Kier alpha value is -4.39. The fraction of sp³-hybridized carbons (Fsp3) is 0.0417. The van der Waals surface area contributed by atoms with Crippen molar-refractivity contribution in [2.24, 2.45) is 0 Å². The van der Waals surface area contributed by atoms with Crippen molar-refractivity contribution < 1.29 is 14.4 Å². The van der Waals surface area contributed by atoms with Crippen LogP contribution >= 0.6 is 0 Å². The highest BCUT2D eigenvalue weighted by Crippen LogP contribution is 2.19. The monoisotopic (exact) mass is 414 g/mol. The molecule has 7 nitrogen and oxygen atoms in total. The first-order valence-electron chi connectivity index (χ1n) is 9.59. The second-order valence-corrected chi connectivity index (χ2v) is 6.52. The molecule has 0 spiro atoms. The fourth-order valence-corrected chi connectivity index (χ4v) is 2.75. The van der Waals surface area contributed by atoms with Crippen LogP contribution in [0.4, 0.5) is 21.9 Å². The maximum Gasteiger partial charge on any atom is 0.319 e. The van der Waals surface area contributed by atoms with E-state index in [1.54, 1.807) is 78.9 Å². The molecule has 3 rings (SSSR count). The Labute approximate surface area is 180 Å². The van der Waals surface area contributed by atoms with Crippen molar-refractivity contribution in [2.75, 3.05) is 22.5 Å². The quantitative estimate of drug-likeness (QED) is 0.428. The van der Waals surface area contributed by atoms with Crippen LogP contribution in [0.25, 0.3) is 0 Å². The van der Waals surface area contributed by atoms with E-state index >= 15 is 0 Å². The summed E-state index contributed by atoms with van der Waals surface area (Å²) in [7, 11) is 0.